The molecule has 0 aliphatic heterocycles. The van der Waals surface area contributed by atoms with Crippen LogP contribution in [0, 0.1) is 0 Å². The fraction of sp³-hybridized carbons (Fsp3) is 0.111. The van der Waals surface area contributed by atoms with Crippen LogP contribution in [0.2, 0.25) is 5.02 Å². The number of halogens is 1. The fourth-order valence-corrected chi connectivity index (χ4v) is 2.18. The van der Waals surface area contributed by atoms with E-state index < -0.39 is 15.7 Å². The van der Waals surface area contributed by atoms with Gasteiger partial charge in [-0.15, -0.1) is 0 Å². The molecule has 3 N–H and O–H groups in total. The van der Waals surface area contributed by atoms with Gasteiger partial charge in [-0.1, -0.05) is 11.6 Å². The van der Waals surface area contributed by atoms with Gasteiger partial charge >= 0.3 is 5.97 Å². The molecule has 0 aromatic heterocycles. The topological polar surface area (TPSA) is 80.4 Å². The van der Waals surface area contributed by atoms with Gasteiger partial charge in [0.15, 0.2) is 0 Å². The lowest BCUT2D eigenvalue weighted by atomic mass is 10.2. The Hall–Kier alpha value is -1.04. The molecule has 0 saturated carbocycles. The number of benzene rings is 1. The summed E-state index contributed by atoms with van der Waals surface area (Å²) in [5.41, 5.74) is -0.0354. The number of hydrogen-bond donors (Lipinski definition) is 2. The first-order valence-corrected chi connectivity index (χ1v) is 6.09. The molecule has 0 heterocycles. The van der Waals surface area contributed by atoms with Crippen molar-refractivity contribution in [1.29, 1.82) is 0 Å². The molecule has 0 aliphatic carbocycles. The third-order valence-electron chi connectivity index (χ3n) is 1.89. The fourth-order valence-electron chi connectivity index (χ4n) is 1.00. The molecule has 0 radical (unpaired) electrons. The summed E-state index contributed by atoms with van der Waals surface area (Å²) in [6, 6.07) is 4.00. The summed E-state index contributed by atoms with van der Waals surface area (Å²) in [6.07, 6.45) is 0. The van der Waals surface area contributed by atoms with Crippen LogP contribution in [-0.4, -0.2) is 20.7 Å². The Bertz CT molecular complexity index is 518. The number of rotatable bonds is 2. The molecule has 0 aliphatic rings. The van der Waals surface area contributed by atoms with Crippen LogP contribution < -0.4 is 5.14 Å². The lowest BCUT2D eigenvalue weighted by Crippen LogP contribution is -2.15. The largest absolute Gasteiger partial charge is 0.478 e. The Kier molecular flexibility index (Phi) is 3.38. The number of carbonyl (C=O) groups is 1. The zero-order valence-electron chi connectivity index (χ0n) is 7.94. The van der Waals surface area contributed by atoms with Crippen molar-refractivity contribution in [2.45, 2.75) is 11.8 Å². The number of nitrogens with two attached hydrogens (primary N) is 1. The SMILES string of the molecule is CC=S(N)(=O)c1ccc(C(=O)O)c(Cl)c1. The van der Waals surface area contributed by atoms with E-state index in [1.54, 1.807) is 6.92 Å². The van der Waals surface area contributed by atoms with Crippen molar-refractivity contribution in [1.82, 2.24) is 0 Å². The van der Waals surface area contributed by atoms with Crippen molar-refractivity contribution in [3.63, 3.8) is 0 Å². The van der Waals surface area contributed by atoms with E-state index >= 15 is 0 Å². The van der Waals surface area contributed by atoms with Crippen molar-refractivity contribution >= 4 is 32.6 Å². The second-order valence-electron chi connectivity index (χ2n) is 2.83. The predicted octanol–water partition coefficient (Wildman–Crippen LogP) is 1.38. The molecule has 4 nitrogen and oxygen atoms in total. The lowest BCUT2D eigenvalue weighted by molar-refractivity contribution is 0.0697. The van der Waals surface area contributed by atoms with Crippen molar-refractivity contribution in [3.05, 3.63) is 28.8 Å². The molecule has 1 aromatic carbocycles. The standard InChI is InChI=1S/C9H10ClNO3S/c1-2-15(11,14)6-3-4-7(9(12)13)8(10)5-6/h2-5H,1H3,(H2,11,14)(H,12,13). The summed E-state index contributed by atoms with van der Waals surface area (Å²) in [6.45, 7) is 1.57. The minimum absolute atomic E-state index is 0.0278. The molecule has 1 unspecified atom stereocenters. The first kappa shape index (κ1) is 12.0. The van der Waals surface area contributed by atoms with Gasteiger partial charge < -0.3 is 5.11 Å². The van der Waals surface area contributed by atoms with Gasteiger partial charge in [-0.2, -0.15) is 0 Å². The molecule has 82 valence electrons. The van der Waals surface area contributed by atoms with Crippen LogP contribution in [0.25, 0.3) is 0 Å². The van der Waals surface area contributed by atoms with E-state index in [-0.39, 0.29) is 10.6 Å². The summed E-state index contributed by atoms with van der Waals surface area (Å²) >= 11 is 5.71. The molecule has 6 heteroatoms. The number of aromatic carboxylic acids is 1. The molecule has 15 heavy (non-hydrogen) atoms. The minimum atomic E-state index is -2.72. The van der Waals surface area contributed by atoms with E-state index in [0.717, 1.165) is 0 Å². The first-order chi connectivity index (χ1) is 6.88. The molecular weight excluding hydrogens is 238 g/mol. The number of carboxylic acid groups (broad SMARTS) is 1. The van der Waals surface area contributed by atoms with Gasteiger partial charge in [0.05, 0.1) is 20.3 Å². The van der Waals surface area contributed by atoms with Crippen LogP contribution >= 0.6 is 11.6 Å². The van der Waals surface area contributed by atoms with Gasteiger partial charge in [-0.3, -0.25) is 5.14 Å². The average Bonchev–Trinajstić information content (AvgIpc) is 2.17. The third-order valence-corrected chi connectivity index (χ3v) is 3.89. The highest BCUT2D eigenvalue weighted by Crippen LogP contribution is 2.20. The summed E-state index contributed by atoms with van der Waals surface area (Å²) in [4.78, 5) is 11.0. The predicted molar refractivity (Wildman–Crippen MR) is 60.7 cm³/mol. The molecule has 1 atom stereocenters. The smallest absolute Gasteiger partial charge is 0.337 e. The monoisotopic (exact) mass is 247 g/mol. The van der Waals surface area contributed by atoms with Crippen molar-refractivity contribution < 1.29 is 14.1 Å². The quantitative estimate of drug-likeness (QED) is 0.775. The highest BCUT2D eigenvalue weighted by molar-refractivity contribution is 7.99. The molecule has 0 fully saturated rings. The van der Waals surface area contributed by atoms with Crippen LogP contribution in [0.5, 0.6) is 0 Å². The molecular formula is C9H10ClNO3S. The average molecular weight is 248 g/mol. The van der Waals surface area contributed by atoms with Gasteiger partial charge in [0.1, 0.15) is 0 Å². The van der Waals surface area contributed by atoms with E-state index in [9.17, 15) is 9.00 Å². The molecule has 0 amide bonds. The van der Waals surface area contributed by atoms with Crippen LogP contribution in [0.1, 0.15) is 17.3 Å². The second kappa shape index (κ2) is 4.22. The zero-order valence-corrected chi connectivity index (χ0v) is 9.51. The van der Waals surface area contributed by atoms with E-state index in [0.29, 0.717) is 4.90 Å². The number of carboxylic acids is 1. The summed E-state index contributed by atoms with van der Waals surface area (Å²) in [7, 11) is -2.72. The van der Waals surface area contributed by atoms with Crippen LogP contribution in [0.15, 0.2) is 23.1 Å². The van der Waals surface area contributed by atoms with E-state index in [1.807, 2.05) is 0 Å². The van der Waals surface area contributed by atoms with Crippen LogP contribution in [0.4, 0.5) is 0 Å². The summed E-state index contributed by atoms with van der Waals surface area (Å²) in [5.74, 6) is -1.13. The van der Waals surface area contributed by atoms with E-state index in [1.165, 1.54) is 23.6 Å². The van der Waals surface area contributed by atoms with Gasteiger partial charge in [0.2, 0.25) is 0 Å². The lowest BCUT2D eigenvalue weighted by Gasteiger charge is -2.06. The second-order valence-corrected chi connectivity index (χ2v) is 5.48. The Labute approximate surface area is 92.8 Å². The van der Waals surface area contributed by atoms with Crippen LogP contribution in [-0.2, 0) is 9.71 Å². The van der Waals surface area contributed by atoms with Crippen molar-refractivity contribution in [2.24, 2.45) is 5.14 Å². The first-order valence-electron chi connectivity index (χ1n) is 4.02. The molecule has 0 spiro atoms. The number of hydrogen-bond acceptors (Lipinski definition) is 2. The Morgan fingerprint density at radius 3 is 2.60 bits per heavy atom. The maximum Gasteiger partial charge on any atom is 0.337 e. The van der Waals surface area contributed by atoms with E-state index in [2.05, 4.69) is 0 Å². The van der Waals surface area contributed by atoms with Gasteiger partial charge in [-0.25, -0.2) is 9.00 Å². The summed E-state index contributed by atoms with van der Waals surface area (Å²) < 4.78 is 11.7. The molecule has 0 bridgehead atoms. The van der Waals surface area contributed by atoms with E-state index in [4.69, 9.17) is 21.8 Å². The highest BCUT2D eigenvalue weighted by Gasteiger charge is 2.11. The molecule has 0 saturated heterocycles. The zero-order chi connectivity index (χ0) is 11.6. The van der Waals surface area contributed by atoms with Crippen molar-refractivity contribution in [3.8, 4) is 0 Å². The maximum absolute atomic E-state index is 11.7. The molecule has 1 rings (SSSR count). The maximum atomic E-state index is 11.7. The van der Waals surface area contributed by atoms with Crippen molar-refractivity contribution in [2.75, 3.05) is 0 Å². The Balaban J connectivity index is 3.37. The third kappa shape index (κ3) is 2.50. The summed E-state index contributed by atoms with van der Waals surface area (Å²) in [5, 5.41) is 15.6. The minimum Gasteiger partial charge on any atom is -0.478 e. The highest BCUT2D eigenvalue weighted by atomic mass is 35.5. The van der Waals surface area contributed by atoms with Gasteiger partial charge in [0, 0.05) is 4.90 Å². The normalized spacial score (nSPS) is 14.3. The Morgan fingerprint density at radius 2 is 2.20 bits per heavy atom. The molecule has 1 aromatic rings. The Morgan fingerprint density at radius 1 is 1.60 bits per heavy atom. The van der Waals surface area contributed by atoms with Gasteiger partial charge in [0.25, 0.3) is 0 Å². The van der Waals surface area contributed by atoms with Gasteiger partial charge in [-0.05, 0) is 30.5 Å². The van der Waals surface area contributed by atoms with Crippen LogP contribution in [0.3, 0.4) is 0 Å².